The zero-order valence-corrected chi connectivity index (χ0v) is 20.8. The van der Waals surface area contributed by atoms with E-state index in [1.807, 2.05) is 6.92 Å². The van der Waals surface area contributed by atoms with Gasteiger partial charge in [-0.2, -0.15) is 0 Å². The van der Waals surface area contributed by atoms with E-state index in [0.717, 1.165) is 82.0 Å². The predicted octanol–water partition coefficient (Wildman–Crippen LogP) is 5.42. The number of aryl methyl sites for hydroxylation is 1. The molecule has 4 fully saturated rings. The van der Waals surface area contributed by atoms with Crippen molar-refractivity contribution in [2.45, 2.75) is 77.0 Å². The maximum absolute atomic E-state index is 14.7. The van der Waals surface area contributed by atoms with Gasteiger partial charge < -0.3 is 20.1 Å². The lowest BCUT2D eigenvalue weighted by Gasteiger charge is -2.49. The van der Waals surface area contributed by atoms with Crippen LogP contribution in [-0.2, 0) is 22.4 Å². The zero-order chi connectivity index (χ0) is 25.1. The Hall–Kier alpha value is -2.23. The summed E-state index contributed by atoms with van der Waals surface area (Å²) in [6.45, 7) is 4.99. The van der Waals surface area contributed by atoms with Gasteiger partial charge in [0.05, 0.1) is 24.0 Å². The first-order valence-corrected chi connectivity index (χ1v) is 13.0. The van der Waals surface area contributed by atoms with Crippen LogP contribution in [0.25, 0.3) is 0 Å². The fourth-order valence-corrected chi connectivity index (χ4v) is 6.04. The maximum atomic E-state index is 14.7. The minimum atomic E-state index is -2.86. The summed E-state index contributed by atoms with van der Waals surface area (Å²) in [7, 11) is 0. The topological polar surface area (TPSA) is 68.3 Å². The van der Waals surface area contributed by atoms with Crippen molar-refractivity contribution in [2.24, 2.45) is 5.41 Å². The Morgan fingerprint density at radius 3 is 2.81 bits per heavy atom. The van der Waals surface area contributed by atoms with Gasteiger partial charge in [-0.3, -0.25) is 0 Å². The molecule has 1 saturated carbocycles. The van der Waals surface area contributed by atoms with Crippen molar-refractivity contribution in [1.29, 1.82) is 0 Å². The van der Waals surface area contributed by atoms with Crippen LogP contribution in [0.2, 0.25) is 0 Å². The molecule has 0 amide bonds. The van der Waals surface area contributed by atoms with Gasteiger partial charge >= 0.3 is 0 Å². The first-order chi connectivity index (χ1) is 17.4. The van der Waals surface area contributed by atoms with Gasteiger partial charge in [0.15, 0.2) is 0 Å². The summed E-state index contributed by atoms with van der Waals surface area (Å²) >= 11 is 0. The van der Waals surface area contributed by atoms with E-state index in [-0.39, 0.29) is 23.6 Å². The van der Waals surface area contributed by atoms with Crippen LogP contribution >= 0.6 is 0 Å². The molecule has 1 unspecified atom stereocenters. The van der Waals surface area contributed by atoms with E-state index in [2.05, 4.69) is 15.6 Å². The molecule has 2 aromatic rings. The molecule has 1 atom stereocenters. The van der Waals surface area contributed by atoms with Crippen LogP contribution in [0.3, 0.4) is 0 Å². The number of nitrogens with zero attached hydrogens (tertiary/aromatic N) is 2. The third-order valence-electron chi connectivity index (χ3n) is 7.75. The van der Waals surface area contributed by atoms with Gasteiger partial charge in [0.1, 0.15) is 17.5 Å². The molecule has 9 heteroatoms. The molecule has 3 aliphatic heterocycles. The van der Waals surface area contributed by atoms with Gasteiger partial charge in [0.2, 0.25) is 0 Å². The number of hydrogen-bond donors (Lipinski definition) is 2. The number of fused-ring (bicyclic) bond motifs is 6. The van der Waals surface area contributed by atoms with E-state index in [9.17, 15) is 13.2 Å². The molecular formula is C27H35F3N4O2. The second-order valence-electron chi connectivity index (χ2n) is 10.4. The molecule has 196 valence electrons. The highest BCUT2D eigenvalue weighted by Gasteiger charge is 2.45. The van der Waals surface area contributed by atoms with Gasteiger partial charge in [-0.05, 0) is 57.3 Å². The summed E-state index contributed by atoms with van der Waals surface area (Å²) < 4.78 is 52.9. The molecule has 6 rings (SSSR count). The van der Waals surface area contributed by atoms with Gasteiger partial charge in [0, 0.05) is 43.5 Å². The molecule has 4 aliphatic rings. The molecule has 1 aromatic carbocycles. The molecule has 0 radical (unpaired) electrons. The highest BCUT2D eigenvalue weighted by Crippen LogP contribution is 2.49. The summed E-state index contributed by atoms with van der Waals surface area (Å²) in [6.07, 6.45) is 3.98. The molecule has 1 aromatic heterocycles. The second-order valence-corrected chi connectivity index (χ2v) is 10.4. The summed E-state index contributed by atoms with van der Waals surface area (Å²) in [6, 6.07) is 4.61. The average molecular weight is 505 g/mol. The average Bonchev–Trinajstić information content (AvgIpc) is 3.36. The smallest absolute Gasteiger partial charge is 0.266 e. The third kappa shape index (κ3) is 5.53. The largest absolute Gasteiger partial charge is 0.380 e. The summed E-state index contributed by atoms with van der Waals surface area (Å²) in [5.41, 5.74) is 1.67. The first kappa shape index (κ1) is 25.4. The van der Waals surface area contributed by atoms with Crippen LogP contribution in [0.4, 0.5) is 19.0 Å². The second kappa shape index (κ2) is 11.0. The van der Waals surface area contributed by atoms with Gasteiger partial charge in [-0.15, -0.1) is 0 Å². The Labute approximate surface area is 210 Å². The fourth-order valence-electron chi connectivity index (χ4n) is 6.04. The Morgan fingerprint density at radius 2 is 2.03 bits per heavy atom. The minimum Gasteiger partial charge on any atom is -0.380 e. The fraction of sp³-hybridized carbons (Fsp3) is 0.630. The number of anilines is 1. The zero-order valence-electron chi connectivity index (χ0n) is 20.8. The maximum Gasteiger partial charge on any atom is 0.266 e. The highest BCUT2D eigenvalue weighted by atomic mass is 19.3. The Kier molecular flexibility index (Phi) is 7.79. The van der Waals surface area contributed by atoms with Crippen molar-refractivity contribution in [2.75, 3.05) is 31.7 Å². The molecular weight excluding hydrogens is 469 g/mol. The van der Waals surface area contributed by atoms with Crippen LogP contribution in [0.1, 0.15) is 79.3 Å². The number of alkyl halides is 2. The third-order valence-corrected chi connectivity index (χ3v) is 7.75. The van der Waals surface area contributed by atoms with Crippen LogP contribution in [0.15, 0.2) is 18.2 Å². The lowest BCUT2D eigenvalue weighted by Crippen LogP contribution is -2.51. The number of halogens is 3. The number of hydrogen-bond acceptors (Lipinski definition) is 6. The van der Waals surface area contributed by atoms with Crippen molar-refractivity contribution >= 4 is 5.82 Å². The standard InChI is InChI=1S/C27H35F3N4O2/c1-17-33-21(15-27-8-4-10-35-12-9-31-19(13-27)14-27)23(22-7-3-11-36-22)26(34-17)32-16-18-5-2-6-20(24(18)28)25(29)30/h2,5-6,19,22,25,31H,3-4,7-16H2,1H3,(H,32,33,34). The van der Waals surface area contributed by atoms with Crippen molar-refractivity contribution in [3.05, 3.63) is 52.2 Å². The Morgan fingerprint density at radius 1 is 1.17 bits per heavy atom. The highest BCUT2D eigenvalue weighted by molar-refractivity contribution is 5.50. The minimum absolute atomic E-state index is 0.0521. The quantitative estimate of drug-likeness (QED) is 0.525. The number of rotatable bonds is 7. The Balaban J connectivity index is 1.43. The summed E-state index contributed by atoms with van der Waals surface area (Å²) in [5, 5.41) is 6.84. The number of nitrogens with one attached hydrogen (secondary N) is 2. The van der Waals surface area contributed by atoms with E-state index in [0.29, 0.717) is 24.3 Å². The molecule has 36 heavy (non-hydrogen) atoms. The predicted molar refractivity (Wildman–Crippen MR) is 131 cm³/mol. The normalized spacial score (nSPS) is 26.6. The number of ether oxygens (including phenoxy) is 2. The monoisotopic (exact) mass is 504 g/mol. The summed E-state index contributed by atoms with van der Waals surface area (Å²) in [5.74, 6) is 0.366. The molecule has 6 nitrogen and oxygen atoms in total. The van der Waals surface area contributed by atoms with Gasteiger partial charge in [-0.25, -0.2) is 23.1 Å². The first-order valence-electron chi connectivity index (χ1n) is 13.0. The number of aromatic nitrogens is 2. The van der Waals surface area contributed by atoms with Crippen LogP contribution in [0, 0.1) is 18.2 Å². The van der Waals surface area contributed by atoms with E-state index < -0.39 is 17.8 Å². The lowest BCUT2D eigenvalue weighted by atomic mass is 9.60. The van der Waals surface area contributed by atoms with Crippen molar-refractivity contribution in [3.8, 4) is 0 Å². The van der Waals surface area contributed by atoms with E-state index in [1.165, 1.54) is 12.1 Å². The van der Waals surface area contributed by atoms with Crippen molar-refractivity contribution in [3.63, 3.8) is 0 Å². The lowest BCUT2D eigenvalue weighted by molar-refractivity contribution is 0.0296. The van der Waals surface area contributed by atoms with Crippen LogP contribution in [0.5, 0.6) is 0 Å². The molecule has 2 N–H and O–H groups in total. The number of benzene rings is 1. The molecule has 2 bridgehead atoms. The summed E-state index contributed by atoms with van der Waals surface area (Å²) in [4.78, 5) is 9.56. The van der Waals surface area contributed by atoms with Crippen LogP contribution in [-0.4, -0.2) is 42.4 Å². The van der Waals surface area contributed by atoms with Gasteiger partial charge in [-0.1, -0.05) is 18.2 Å². The van der Waals surface area contributed by atoms with E-state index in [1.54, 1.807) is 0 Å². The molecule has 0 spiro atoms. The van der Waals surface area contributed by atoms with Crippen molar-refractivity contribution in [1.82, 2.24) is 15.3 Å². The Bertz CT molecular complexity index is 1050. The molecule has 3 saturated heterocycles. The van der Waals surface area contributed by atoms with E-state index >= 15 is 0 Å². The molecule has 1 aliphatic carbocycles. The van der Waals surface area contributed by atoms with Gasteiger partial charge in [0.25, 0.3) is 6.43 Å². The van der Waals surface area contributed by atoms with E-state index in [4.69, 9.17) is 14.5 Å². The molecule has 4 heterocycles. The van der Waals surface area contributed by atoms with Crippen LogP contribution < -0.4 is 10.6 Å². The van der Waals surface area contributed by atoms with Crippen molar-refractivity contribution < 1.29 is 22.6 Å². The SMILES string of the molecule is Cc1nc(CC23CCCOCCNC(C2)C3)c(C2CCCO2)c(NCc2cccc(C(F)F)c2F)n1.